The van der Waals surface area contributed by atoms with Crippen LogP contribution in [0.15, 0.2) is 0 Å². The Kier molecular flexibility index (Phi) is 3.45. The Balaban J connectivity index is 1.66. The van der Waals surface area contributed by atoms with Gasteiger partial charge < -0.3 is 10.2 Å². The van der Waals surface area contributed by atoms with E-state index in [2.05, 4.69) is 24.2 Å². The average molecular weight is 196 g/mol. The molecule has 3 unspecified atom stereocenters. The van der Waals surface area contributed by atoms with Gasteiger partial charge in [0.15, 0.2) is 0 Å². The zero-order valence-electron chi connectivity index (χ0n) is 9.63. The summed E-state index contributed by atoms with van der Waals surface area (Å²) < 4.78 is 0. The van der Waals surface area contributed by atoms with Crippen LogP contribution < -0.4 is 5.32 Å². The van der Waals surface area contributed by atoms with Crippen molar-refractivity contribution in [2.45, 2.75) is 51.1 Å². The fourth-order valence-electron chi connectivity index (χ4n) is 2.75. The smallest absolute Gasteiger partial charge is 0.0198 e. The molecule has 0 aromatic carbocycles. The van der Waals surface area contributed by atoms with Crippen LogP contribution in [0.1, 0.15) is 39.0 Å². The summed E-state index contributed by atoms with van der Waals surface area (Å²) in [6, 6.07) is 1.65. The van der Waals surface area contributed by atoms with E-state index in [4.69, 9.17) is 0 Å². The molecule has 0 spiro atoms. The third-order valence-corrected chi connectivity index (χ3v) is 3.66. The number of nitrogens with zero attached hydrogens (tertiary/aromatic N) is 1. The number of likely N-dealkylation sites (tertiary alicyclic amines) is 1. The molecule has 2 rings (SSSR count). The number of nitrogens with one attached hydrogen (secondary N) is 1. The second kappa shape index (κ2) is 4.63. The first-order valence-electron chi connectivity index (χ1n) is 6.24. The topological polar surface area (TPSA) is 15.3 Å². The molecule has 2 fully saturated rings. The minimum atomic E-state index is 0.778. The number of hydrogen-bond acceptors (Lipinski definition) is 2. The Morgan fingerprint density at radius 2 is 2.29 bits per heavy atom. The fraction of sp³-hybridized carbons (Fsp3) is 1.00. The van der Waals surface area contributed by atoms with E-state index in [0.717, 1.165) is 18.0 Å². The number of rotatable bonds is 4. The van der Waals surface area contributed by atoms with Crippen molar-refractivity contribution >= 4 is 0 Å². The van der Waals surface area contributed by atoms with Crippen LogP contribution in [-0.2, 0) is 0 Å². The SMILES string of the molecule is CCCC1CC1NC1CCCN(C)C1. The van der Waals surface area contributed by atoms with Gasteiger partial charge in [-0.1, -0.05) is 13.3 Å². The standard InChI is InChI=1S/C12H24N2/c1-3-5-10-8-12(10)13-11-6-4-7-14(2)9-11/h10-13H,3-9H2,1-2H3. The van der Waals surface area contributed by atoms with Crippen molar-refractivity contribution in [3.05, 3.63) is 0 Å². The van der Waals surface area contributed by atoms with E-state index in [1.54, 1.807) is 0 Å². The monoisotopic (exact) mass is 196 g/mol. The molecule has 0 aromatic heterocycles. The summed E-state index contributed by atoms with van der Waals surface area (Å²) in [5, 5.41) is 3.82. The maximum atomic E-state index is 3.82. The Hall–Kier alpha value is -0.0800. The highest BCUT2D eigenvalue weighted by atomic mass is 15.1. The molecule has 1 saturated heterocycles. The number of piperidine rings is 1. The molecular formula is C12H24N2. The van der Waals surface area contributed by atoms with E-state index < -0.39 is 0 Å². The summed E-state index contributed by atoms with van der Waals surface area (Å²) in [5.41, 5.74) is 0. The summed E-state index contributed by atoms with van der Waals surface area (Å²) in [7, 11) is 2.24. The van der Waals surface area contributed by atoms with Gasteiger partial charge in [-0.05, 0) is 45.2 Å². The molecule has 1 N–H and O–H groups in total. The first-order chi connectivity index (χ1) is 6.79. The third kappa shape index (κ3) is 2.71. The van der Waals surface area contributed by atoms with Gasteiger partial charge in [0, 0.05) is 18.6 Å². The second-order valence-electron chi connectivity index (χ2n) is 5.16. The lowest BCUT2D eigenvalue weighted by Gasteiger charge is -2.30. The molecule has 2 heteroatoms. The van der Waals surface area contributed by atoms with E-state index in [9.17, 15) is 0 Å². The molecule has 1 heterocycles. The highest BCUT2D eigenvalue weighted by Gasteiger charge is 2.37. The number of hydrogen-bond donors (Lipinski definition) is 1. The van der Waals surface area contributed by atoms with Crippen molar-refractivity contribution < 1.29 is 0 Å². The van der Waals surface area contributed by atoms with Gasteiger partial charge in [0.05, 0.1) is 0 Å². The van der Waals surface area contributed by atoms with Gasteiger partial charge in [-0.25, -0.2) is 0 Å². The molecule has 2 nitrogen and oxygen atoms in total. The molecule has 3 atom stereocenters. The Labute approximate surface area is 88.1 Å². The maximum Gasteiger partial charge on any atom is 0.0198 e. The molecule has 0 radical (unpaired) electrons. The molecule has 1 aliphatic carbocycles. The van der Waals surface area contributed by atoms with Crippen LogP contribution in [-0.4, -0.2) is 37.1 Å². The van der Waals surface area contributed by atoms with Crippen LogP contribution in [0.5, 0.6) is 0 Å². The summed E-state index contributed by atoms with van der Waals surface area (Å²) in [5.74, 6) is 1.01. The Morgan fingerprint density at radius 1 is 1.43 bits per heavy atom. The normalized spacial score (nSPS) is 38.6. The second-order valence-corrected chi connectivity index (χ2v) is 5.16. The van der Waals surface area contributed by atoms with Crippen molar-refractivity contribution in [3.8, 4) is 0 Å². The van der Waals surface area contributed by atoms with Crippen LogP contribution in [0.25, 0.3) is 0 Å². The van der Waals surface area contributed by atoms with E-state index >= 15 is 0 Å². The molecule has 2 aliphatic rings. The molecule has 0 amide bonds. The van der Waals surface area contributed by atoms with Crippen LogP contribution >= 0.6 is 0 Å². The lowest BCUT2D eigenvalue weighted by Crippen LogP contribution is -2.45. The minimum Gasteiger partial charge on any atom is -0.310 e. The lowest BCUT2D eigenvalue weighted by atomic mass is 10.1. The van der Waals surface area contributed by atoms with E-state index in [1.165, 1.54) is 45.2 Å². The fourth-order valence-corrected chi connectivity index (χ4v) is 2.75. The summed E-state index contributed by atoms with van der Waals surface area (Å²) >= 11 is 0. The van der Waals surface area contributed by atoms with Gasteiger partial charge in [-0.2, -0.15) is 0 Å². The van der Waals surface area contributed by atoms with E-state index in [0.29, 0.717) is 0 Å². The van der Waals surface area contributed by atoms with E-state index in [1.807, 2.05) is 0 Å². The predicted molar refractivity (Wildman–Crippen MR) is 60.5 cm³/mol. The van der Waals surface area contributed by atoms with Gasteiger partial charge in [-0.3, -0.25) is 0 Å². The minimum absolute atomic E-state index is 0.778. The molecule has 0 aromatic rings. The van der Waals surface area contributed by atoms with Crippen molar-refractivity contribution in [1.29, 1.82) is 0 Å². The zero-order valence-corrected chi connectivity index (χ0v) is 9.63. The Morgan fingerprint density at radius 3 is 3.00 bits per heavy atom. The molecule has 0 bridgehead atoms. The lowest BCUT2D eigenvalue weighted by molar-refractivity contribution is 0.224. The zero-order chi connectivity index (χ0) is 9.97. The molecule has 82 valence electrons. The van der Waals surface area contributed by atoms with Gasteiger partial charge in [0.1, 0.15) is 0 Å². The van der Waals surface area contributed by atoms with Crippen LogP contribution in [0.3, 0.4) is 0 Å². The van der Waals surface area contributed by atoms with Crippen LogP contribution in [0.4, 0.5) is 0 Å². The third-order valence-electron chi connectivity index (χ3n) is 3.66. The highest BCUT2D eigenvalue weighted by molar-refractivity contribution is 4.95. The maximum absolute atomic E-state index is 3.82. The Bertz CT molecular complexity index is 181. The summed E-state index contributed by atoms with van der Waals surface area (Å²) in [4.78, 5) is 2.46. The molecule has 1 aliphatic heterocycles. The quantitative estimate of drug-likeness (QED) is 0.738. The van der Waals surface area contributed by atoms with E-state index in [-0.39, 0.29) is 0 Å². The van der Waals surface area contributed by atoms with Crippen LogP contribution in [0, 0.1) is 5.92 Å². The van der Waals surface area contributed by atoms with Gasteiger partial charge in [0.2, 0.25) is 0 Å². The van der Waals surface area contributed by atoms with Crippen molar-refractivity contribution in [1.82, 2.24) is 10.2 Å². The van der Waals surface area contributed by atoms with Crippen LogP contribution in [0.2, 0.25) is 0 Å². The predicted octanol–water partition coefficient (Wildman–Crippen LogP) is 1.86. The number of likely N-dealkylation sites (N-methyl/N-ethyl adjacent to an activating group) is 1. The van der Waals surface area contributed by atoms with Gasteiger partial charge in [0.25, 0.3) is 0 Å². The van der Waals surface area contributed by atoms with Crippen molar-refractivity contribution in [2.75, 3.05) is 20.1 Å². The highest BCUT2D eigenvalue weighted by Crippen LogP contribution is 2.35. The molecule has 14 heavy (non-hydrogen) atoms. The summed E-state index contributed by atoms with van der Waals surface area (Å²) in [6.45, 7) is 4.85. The largest absolute Gasteiger partial charge is 0.310 e. The first-order valence-corrected chi connectivity index (χ1v) is 6.24. The van der Waals surface area contributed by atoms with Crippen molar-refractivity contribution in [2.24, 2.45) is 5.92 Å². The van der Waals surface area contributed by atoms with Gasteiger partial charge >= 0.3 is 0 Å². The van der Waals surface area contributed by atoms with Gasteiger partial charge in [-0.15, -0.1) is 0 Å². The van der Waals surface area contributed by atoms with Crippen molar-refractivity contribution in [3.63, 3.8) is 0 Å². The first kappa shape index (κ1) is 10.4. The average Bonchev–Trinajstić information content (AvgIpc) is 2.84. The summed E-state index contributed by atoms with van der Waals surface area (Å²) in [6.07, 6.45) is 6.99. The molecular weight excluding hydrogens is 172 g/mol. The molecule has 1 saturated carbocycles.